The number of hydrogen-bond acceptors (Lipinski definition) is 3. The van der Waals surface area contributed by atoms with Crippen molar-refractivity contribution in [3.63, 3.8) is 0 Å². The van der Waals surface area contributed by atoms with Crippen LogP contribution in [0.5, 0.6) is 0 Å². The molecular formula is C12H24N2O. The molecule has 1 rings (SSSR count). The third-order valence-electron chi connectivity index (χ3n) is 2.81. The van der Waals surface area contributed by atoms with Crippen LogP contribution in [-0.4, -0.2) is 50.3 Å². The van der Waals surface area contributed by atoms with E-state index in [9.17, 15) is 0 Å². The Hall–Kier alpha value is -0.380. The molecule has 0 amide bonds. The highest BCUT2D eigenvalue weighted by molar-refractivity contribution is 4.87. The highest BCUT2D eigenvalue weighted by atomic mass is 16.5. The minimum absolute atomic E-state index is 0.687. The Bertz CT molecular complexity index is 194. The molecule has 0 aromatic carbocycles. The molecule has 0 aliphatic carbocycles. The molecule has 0 aromatic rings. The summed E-state index contributed by atoms with van der Waals surface area (Å²) in [4.78, 5) is 2.52. The molecule has 0 spiro atoms. The average molecular weight is 212 g/mol. The summed E-state index contributed by atoms with van der Waals surface area (Å²) >= 11 is 0. The van der Waals surface area contributed by atoms with E-state index in [1.54, 1.807) is 0 Å². The van der Waals surface area contributed by atoms with E-state index in [0.717, 1.165) is 38.4 Å². The van der Waals surface area contributed by atoms with Gasteiger partial charge in [0.05, 0.1) is 13.2 Å². The van der Waals surface area contributed by atoms with Crippen molar-refractivity contribution in [2.24, 2.45) is 0 Å². The molecule has 1 fully saturated rings. The molecular weight excluding hydrogens is 188 g/mol. The summed E-state index contributed by atoms with van der Waals surface area (Å²) in [6.07, 6.45) is 1.22. The highest BCUT2D eigenvalue weighted by Gasteiger charge is 2.19. The Balaban J connectivity index is 2.15. The van der Waals surface area contributed by atoms with Crippen molar-refractivity contribution in [2.75, 3.05) is 39.4 Å². The van der Waals surface area contributed by atoms with Gasteiger partial charge in [-0.05, 0) is 13.3 Å². The third kappa shape index (κ3) is 4.78. The van der Waals surface area contributed by atoms with Crippen LogP contribution in [0, 0.1) is 0 Å². The number of piperazine rings is 1. The number of hydrogen-bond donors (Lipinski definition) is 1. The van der Waals surface area contributed by atoms with Crippen molar-refractivity contribution >= 4 is 0 Å². The molecule has 3 heteroatoms. The summed E-state index contributed by atoms with van der Waals surface area (Å²) in [5, 5.41) is 3.43. The van der Waals surface area contributed by atoms with E-state index in [1.807, 2.05) is 6.92 Å². The Morgan fingerprint density at radius 2 is 2.40 bits per heavy atom. The van der Waals surface area contributed by atoms with Crippen molar-refractivity contribution in [1.82, 2.24) is 10.2 Å². The second-order valence-corrected chi connectivity index (χ2v) is 4.31. The summed E-state index contributed by atoms with van der Waals surface area (Å²) < 4.78 is 5.53. The van der Waals surface area contributed by atoms with E-state index >= 15 is 0 Å². The highest BCUT2D eigenvalue weighted by Crippen LogP contribution is 2.06. The van der Waals surface area contributed by atoms with Gasteiger partial charge in [-0.25, -0.2) is 0 Å². The molecule has 0 saturated carbocycles. The molecule has 0 aromatic heterocycles. The molecule has 0 radical (unpaired) electrons. The summed E-state index contributed by atoms with van der Waals surface area (Å²) in [6, 6.07) is 0.687. The lowest BCUT2D eigenvalue weighted by molar-refractivity contribution is 0.0858. The summed E-state index contributed by atoms with van der Waals surface area (Å²) in [5.74, 6) is 0. The first-order chi connectivity index (χ1) is 7.24. The number of rotatable bonds is 6. The molecule has 1 N–H and O–H groups in total. The molecule has 1 unspecified atom stereocenters. The zero-order valence-corrected chi connectivity index (χ0v) is 10.1. The molecule has 1 saturated heterocycles. The molecule has 3 nitrogen and oxygen atoms in total. The SMILES string of the molecule is C=C(C)COCCN1CCNCC1CC. The molecule has 15 heavy (non-hydrogen) atoms. The maximum absolute atomic E-state index is 5.53. The van der Waals surface area contributed by atoms with Gasteiger partial charge in [0.1, 0.15) is 0 Å². The van der Waals surface area contributed by atoms with E-state index in [0.29, 0.717) is 12.6 Å². The van der Waals surface area contributed by atoms with E-state index in [1.165, 1.54) is 6.42 Å². The Morgan fingerprint density at radius 1 is 1.60 bits per heavy atom. The largest absolute Gasteiger partial charge is 0.376 e. The minimum Gasteiger partial charge on any atom is -0.376 e. The number of ether oxygens (including phenoxy) is 1. The van der Waals surface area contributed by atoms with E-state index in [2.05, 4.69) is 23.7 Å². The Morgan fingerprint density at radius 3 is 3.07 bits per heavy atom. The first kappa shape index (κ1) is 12.7. The van der Waals surface area contributed by atoms with Gasteiger partial charge in [-0.15, -0.1) is 0 Å². The Kier molecular flexibility index (Phi) is 5.91. The summed E-state index contributed by atoms with van der Waals surface area (Å²) in [6.45, 7) is 14.0. The first-order valence-corrected chi connectivity index (χ1v) is 5.91. The fraction of sp³-hybridized carbons (Fsp3) is 0.833. The third-order valence-corrected chi connectivity index (χ3v) is 2.81. The number of nitrogens with one attached hydrogen (secondary N) is 1. The molecule has 1 aliphatic rings. The summed E-state index contributed by atoms with van der Waals surface area (Å²) in [7, 11) is 0. The van der Waals surface area contributed by atoms with Crippen LogP contribution in [0.2, 0.25) is 0 Å². The van der Waals surface area contributed by atoms with Crippen LogP contribution in [0.3, 0.4) is 0 Å². The van der Waals surface area contributed by atoms with Crippen LogP contribution in [0.1, 0.15) is 20.3 Å². The van der Waals surface area contributed by atoms with Crippen molar-refractivity contribution < 1.29 is 4.74 Å². The van der Waals surface area contributed by atoms with Gasteiger partial charge in [0, 0.05) is 32.2 Å². The van der Waals surface area contributed by atoms with Gasteiger partial charge in [-0.1, -0.05) is 19.1 Å². The van der Waals surface area contributed by atoms with Gasteiger partial charge < -0.3 is 10.1 Å². The van der Waals surface area contributed by atoms with Crippen LogP contribution in [0.4, 0.5) is 0 Å². The maximum atomic E-state index is 5.53. The fourth-order valence-corrected chi connectivity index (χ4v) is 1.93. The molecule has 1 atom stereocenters. The van der Waals surface area contributed by atoms with E-state index in [-0.39, 0.29) is 0 Å². The van der Waals surface area contributed by atoms with Gasteiger partial charge >= 0.3 is 0 Å². The van der Waals surface area contributed by atoms with Gasteiger partial charge in [0.25, 0.3) is 0 Å². The smallest absolute Gasteiger partial charge is 0.0672 e. The Labute approximate surface area is 93.5 Å². The van der Waals surface area contributed by atoms with Crippen LogP contribution in [0.25, 0.3) is 0 Å². The van der Waals surface area contributed by atoms with Crippen LogP contribution in [0.15, 0.2) is 12.2 Å². The standard InChI is InChI=1S/C12H24N2O/c1-4-12-9-13-5-6-14(12)7-8-15-10-11(2)3/h12-13H,2,4-10H2,1,3H3. The monoisotopic (exact) mass is 212 g/mol. The second-order valence-electron chi connectivity index (χ2n) is 4.31. The summed E-state index contributed by atoms with van der Waals surface area (Å²) in [5.41, 5.74) is 1.10. The quantitative estimate of drug-likeness (QED) is 0.530. The van der Waals surface area contributed by atoms with Gasteiger partial charge in [-0.2, -0.15) is 0 Å². The minimum atomic E-state index is 0.687. The van der Waals surface area contributed by atoms with Gasteiger partial charge in [0.15, 0.2) is 0 Å². The van der Waals surface area contributed by atoms with Crippen LogP contribution in [-0.2, 0) is 4.74 Å². The normalized spacial score (nSPS) is 22.9. The van der Waals surface area contributed by atoms with Crippen LogP contribution >= 0.6 is 0 Å². The number of nitrogens with zero attached hydrogens (tertiary/aromatic N) is 1. The topological polar surface area (TPSA) is 24.5 Å². The lowest BCUT2D eigenvalue weighted by atomic mass is 10.1. The second kappa shape index (κ2) is 6.99. The molecule has 1 heterocycles. The predicted molar refractivity (Wildman–Crippen MR) is 64.2 cm³/mol. The predicted octanol–water partition coefficient (Wildman–Crippen LogP) is 1.26. The van der Waals surface area contributed by atoms with Crippen molar-refractivity contribution in [2.45, 2.75) is 26.3 Å². The van der Waals surface area contributed by atoms with Gasteiger partial charge in [-0.3, -0.25) is 4.90 Å². The van der Waals surface area contributed by atoms with Crippen molar-refractivity contribution in [1.29, 1.82) is 0 Å². The lowest BCUT2D eigenvalue weighted by Gasteiger charge is -2.35. The van der Waals surface area contributed by atoms with Crippen molar-refractivity contribution in [3.05, 3.63) is 12.2 Å². The van der Waals surface area contributed by atoms with Crippen LogP contribution < -0.4 is 5.32 Å². The zero-order valence-electron chi connectivity index (χ0n) is 10.1. The first-order valence-electron chi connectivity index (χ1n) is 5.91. The average Bonchev–Trinajstić information content (AvgIpc) is 2.24. The van der Waals surface area contributed by atoms with E-state index < -0.39 is 0 Å². The lowest BCUT2D eigenvalue weighted by Crippen LogP contribution is -2.51. The zero-order chi connectivity index (χ0) is 11.1. The van der Waals surface area contributed by atoms with E-state index in [4.69, 9.17) is 4.74 Å². The fourth-order valence-electron chi connectivity index (χ4n) is 1.93. The van der Waals surface area contributed by atoms with Gasteiger partial charge in [0.2, 0.25) is 0 Å². The molecule has 1 aliphatic heterocycles. The maximum Gasteiger partial charge on any atom is 0.0672 e. The molecule has 88 valence electrons. The van der Waals surface area contributed by atoms with Crippen molar-refractivity contribution in [3.8, 4) is 0 Å². The molecule has 0 bridgehead atoms.